The molecule has 2 atom stereocenters. The summed E-state index contributed by atoms with van der Waals surface area (Å²) in [6.07, 6.45) is -0.0560. The van der Waals surface area contributed by atoms with Crippen LogP contribution < -0.4 is 11.1 Å². The normalized spacial score (nSPS) is 24.1. The molecule has 1 aliphatic rings. The van der Waals surface area contributed by atoms with Crippen molar-refractivity contribution in [3.63, 3.8) is 0 Å². The fraction of sp³-hybridized carbons (Fsp3) is 0.909. The van der Waals surface area contributed by atoms with Crippen LogP contribution >= 0.6 is 0 Å². The monoisotopic (exact) mass is 229 g/mol. The van der Waals surface area contributed by atoms with Crippen LogP contribution in [0.4, 0.5) is 4.79 Å². The number of hydrogen-bond acceptors (Lipinski definition) is 3. The summed E-state index contributed by atoms with van der Waals surface area (Å²) in [5.74, 6) is 0. The number of morpholine rings is 1. The van der Waals surface area contributed by atoms with Crippen molar-refractivity contribution < 1.29 is 9.53 Å². The minimum absolute atomic E-state index is 0.0403. The van der Waals surface area contributed by atoms with Crippen molar-refractivity contribution in [3.05, 3.63) is 0 Å². The topological polar surface area (TPSA) is 67.6 Å². The van der Waals surface area contributed by atoms with Crippen LogP contribution in [0.1, 0.15) is 27.7 Å². The molecule has 1 fully saturated rings. The molecule has 3 N–H and O–H groups in total. The number of carbonyl (C=O) groups is 1. The molecule has 0 bridgehead atoms. The number of rotatable bonds is 1. The molecule has 0 saturated carbocycles. The van der Waals surface area contributed by atoms with E-state index in [0.717, 1.165) is 0 Å². The first-order chi connectivity index (χ1) is 7.29. The number of nitrogens with two attached hydrogens (primary N) is 1. The third-order valence-electron chi connectivity index (χ3n) is 2.45. The standard InChI is InChI=1S/C11H23N3O2/c1-8(12)9-7-14(5-6-16-9)10(15)13-11(2,3)4/h8-9H,5-7,12H2,1-4H3,(H,13,15). The molecule has 1 heterocycles. The number of amides is 2. The van der Waals surface area contributed by atoms with Crippen LogP contribution in [0.15, 0.2) is 0 Å². The smallest absolute Gasteiger partial charge is 0.317 e. The first-order valence-electron chi connectivity index (χ1n) is 5.74. The number of ether oxygens (including phenoxy) is 1. The Morgan fingerprint density at radius 3 is 2.69 bits per heavy atom. The van der Waals surface area contributed by atoms with Gasteiger partial charge in [-0.05, 0) is 27.7 Å². The van der Waals surface area contributed by atoms with Crippen molar-refractivity contribution in [2.24, 2.45) is 5.73 Å². The van der Waals surface area contributed by atoms with Crippen molar-refractivity contribution in [1.29, 1.82) is 0 Å². The molecule has 0 aromatic rings. The number of carbonyl (C=O) groups excluding carboxylic acids is 1. The number of nitrogens with zero attached hydrogens (tertiary/aromatic N) is 1. The van der Waals surface area contributed by atoms with E-state index < -0.39 is 0 Å². The summed E-state index contributed by atoms with van der Waals surface area (Å²) in [5.41, 5.74) is 5.56. The van der Waals surface area contributed by atoms with Crippen molar-refractivity contribution in [3.8, 4) is 0 Å². The first-order valence-corrected chi connectivity index (χ1v) is 5.74. The van der Waals surface area contributed by atoms with E-state index in [-0.39, 0.29) is 23.7 Å². The predicted molar refractivity (Wildman–Crippen MR) is 63.2 cm³/mol. The summed E-state index contributed by atoms with van der Waals surface area (Å²) >= 11 is 0. The average Bonchev–Trinajstić information content (AvgIpc) is 2.15. The average molecular weight is 229 g/mol. The van der Waals surface area contributed by atoms with E-state index in [1.807, 2.05) is 27.7 Å². The van der Waals surface area contributed by atoms with Gasteiger partial charge in [0.05, 0.1) is 19.3 Å². The zero-order chi connectivity index (χ0) is 12.3. The molecule has 5 heteroatoms. The van der Waals surface area contributed by atoms with Crippen LogP contribution in [0.2, 0.25) is 0 Å². The lowest BCUT2D eigenvalue weighted by atomic mass is 10.1. The van der Waals surface area contributed by atoms with Gasteiger partial charge in [-0.1, -0.05) is 0 Å². The lowest BCUT2D eigenvalue weighted by Gasteiger charge is -2.36. The molecule has 2 amide bonds. The summed E-state index contributed by atoms with van der Waals surface area (Å²) in [6.45, 7) is 9.56. The molecule has 0 aliphatic carbocycles. The van der Waals surface area contributed by atoms with Gasteiger partial charge in [-0.2, -0.15) is 0 Å². The first kappa shape index (κ1) is 13.3. The SMILES string of the molecule is CC(N)C1CN(C(=O)NC(C)(C)C)CCO1. The predicted octanol–water partition coefficient (Wildman–Crippen LogP) is 0.543. The van der Waals surface area contributed by atoms with Crippen LogP contribution in [0.5, 0.6) is 0 Å². The highest BCUT2D eigenvalue weighted by molar-refractivity contribution is 5.75. The van der Waals surface area contributed by atoms with Gasteiger partial charge in [0, 0.05) is 18.1 Å². The molecule has 0 spiro atoms. The molecular formula is C11H23N3O2. The quantitative estimate of drug-likeness (QED) is 0.689. The van der Waals surface area contributed by atoms with Gasteiger partial charge < -0.3 is 20.7 Å². The maximum absolute atomic E-state index is 11.9. The zero-order valence-corrected chi connectivity index (χ0v) is 10.6. The molecule has 16 heavy (non-hydrogen) atoms. The van der Waals surface area contributed by atoms with Crippen LogP contribution in [0.25, 0.3) is 0 Å². The van der Waals surface area contributed by atoms with E-state index in [1.165, 1.54) is 0 Å². The third kappa shape index (κ3) is 3.98. The van der Waals surface area contributed by atoms with Crippen molar-refractivity contribution >= 4 is 6.03 Å². The molecule has 0 radical (unpaired) electrons. The Bertz CT molecular complexity index is 248. The van der Waals surface area contributed by atoms with Gasteiger partial charge >= 0.3 is 6.03 Å². The van der Waals surface area contributed by atoms with E-state index in [9.17, 15) is 4.79 Å². The largest absolute Gasteiger partial charge is 0.373 e. The van der Waals surface area contributed by atoms with E-state index in [0.29, 0.717) is 19.7 Å². The lowest BCUT2D eigenvalue weighted by molar-refractivity contribution is -0.0244. The molecule has 0 aromatic heterocycles. The molecule has 94 valence electrons. The zero-order valence-electron chi connectivity index (χ0n) is 10.6. The molecule has 1 saturated heterocycles. The van der Waals surface area contributed by atoms with Crippen LogP contribution in [0.3, 0.4) is 0 Å². The van der Waals surface area contributed by atoms with E-state index in [1.54, 1.807) is 4.90 Å². The fourth-order valence-electron chi connectivity index (χ4n) is 1.58. The van der Waals surface area contributed by atoms with Gasteiger partial charge in [0.1, 0.15) is 0 Å². The third-order valence-corrected chi connectivity index (χ3v) is 2.45. The van der Waals surface area contributed by atoms with Gasteiger partial charge in [-0.25, -0.2) is 4.79 Å². The minimum atomic E-state index is -0.209. The second-order valence-corrected chi connectivity index (χ2v) is 5.39. The molecule has 1 rings (SSSR count). The van der Waals surface area contributed by atoms with Gasteiger partial charge in [-0.3, -0.25) is 0 Å². The minimum Gasteiger partial charge on any atom is -0.373 e. The summed E-state index contributed by atoms with van der Waals surface area (Å²) in [4.78, 5) is 13.7. The van der Waals surface area contributed by atoms with Crippen LogP contribution in [-0.2, 0) is 4.74 Å². The molecule has 1 aliphatic heterocycles. The van der Waals surface area contributed by atoms with E-state index in [2.05, 4.69) is 5.32 Å². The van der Waals surface area contributed by atoms with E-state index in [4.69, 9.17) is 10.5 Å². The fourth-order valence-corrected chi connectivity index (χ4v) is 1.58. The van der Waals surface area contributed by atoms with Crippen molar-refractivity contribution in [2.75, 3.05) is 19.7 Å². The molecule has 0 aromatic carbocycles. The maximum atomic E-state index is 11.9. The second-order valence-electron chi connectivity index (χ2n) is 5.39. The van der Waals surface area contributed by atoms with Gasteiger partial charge in [0.2, 0.25) is 0 Å². The Morgan fingerprint density at radius 2 is 2.19 bits per heavy atom. The Balaban J connectivity index is 2.50. The van der Waals surface area contributed by atoms with Crippen LogP contribution in [-0.4, -0.2) is 48.3 Å². The summed E-state index contributed by atoms with van der Waals surface area (Å²) in [7, 11) is 0. The number of nitrogens with one attached hydrogen (secondary N) is 1. The van der Waals surface area contributed by atoms with Crippen molar-refractivity contribution in [2.45, 2.75) is 45.4 Å². The Kier molecular flexibility index (Phi) is 4.15. The summed E-state index contributed by atoms with van der Waals surface area (Å²) in [5, 5.41) is 2.94. The highest BCUT2D eigenvalue weighted by Crippen LogP contribution is 2.09. The van der Waals surface area contributed by atoms with Gasteiger partial charge in [0.15, 0.2) is 0 Å². The van der Waals surface area contributed by atoms with Gasteiger partial charge in [0.25, 0.3) is 0 Å². The Hall–Kier alpha value is -0.810. The van der Waals surface area contributed by atoms with Crippen LogP contribution in [0, 0.1) is 0 Å². The van der Waals surface area contributed by atoms with Gasteiger partial charge in [-0.15, -0.1) is 0 Å². The number of hydrogen-bond donors (Lipinski definition) is 2. The summed E-state index contributed by atoms with van der Waals surface area (Å²) < 4.78 is 5.50. The van der Waals surface area contributed by atoms with E-state index >= 15 is 0 Å². The Morgan fingerprint density at radius 1 is 1.56 bits per heavy atom. The Labute approximate surface area is 97.3 Å². The maximum Gasteiger partial charge on any atom is 0.317 e. The summed E-state index contributed by atoms with van der Waals surface area (Å²) in [6, 6.07) is -0.0910. The highest BCUT2D eigenvalue weighted by atomic mass is 16.5. The molecule has 5 nitrogen and oxygen atoms in total. The second kappa shape index (κ2) is 5.01. The van der Waals surface area contributed by atoms with Crippen molar-refractivity contribution in [1.82, 2.24) is 10.2 Å². The highest BCUT2D eigenvalue weighted by Gasteiger charge is 2.28. The lowest BCUT2D eigenvalue weighted by Crippen LogP contribution is -2.56. The number of urea groups is 1. The molecule has 2 unspecified atom stereocenters. The molecular weight excluding hydrogens is 206 g/mol.